The Morgan fingerprint density at radius 3 is 2.81 bits per heavy atom. The molecule has 110 valence electrons. The molecule has 2 N–H and O–H groups in total. The minimum absolute atomic E-state index is 0.0109. The molecule has 0 radical (unpaired) electrons. The average Bonchev–Trinajstić information content (AvgIpc) is 3.01. The van der Waals surface area contributed by atoms with Gasteiger partial charge in [0.15, 0.2) is 0 Å². The smallest absolute Gasteiger partial charge is 0.258 e. The van der Waals surface area contributed by atoms with Crippen molar-refractivity contribution in [3.05, 3.63) is 24.3 Å². The van der Waals surface area contributed by atoms with Gasteiger partial charge in [0.2, 0.25) is 5.13 Å². The number of amides is 1. The van der Waals surface area contributed by atoms with Gasteiger partial charge in [-0.3, -0.25) is 4.79 Å². The highest BCUT2D eigenvalue weighted by Crippen LogP contribution is 2.33. The number of benzene rings is 1. The van der Waals surface area contributed by atoms with E-state index in [1.165, 1.54) is 16.3 Å². The van der Waals surface area contributed by atoms with Crippen molar-refractivity contribution in [3.63, 3.8) is 0 Å². The van der Waals surface area contributed by atoms with Gasteiger partial charge in [0, 0.05) is 0 Å². The molecule has 1 aliphatic heterocycles. The van der Waals surface area contributed by atoms with Crippen LogP contribution in [0.2, 0.25) is 0 Å². The Labute approximate surface area is 127 Å². The van der Waals surface area contributed by atoms with Crippen molar-refractivity contribution in [1.29, 1.82) is 0 Å². The average molecular weight is 302 g/mol. The summed E-state index contributed by atoms with van der Waals surface area (Å²) < 4.78 is 1.06. The number of carbonyl (C=O) groups is 1. The highest BCUT2D eigenvalue weighted by molar-refractivity contribution is 7.22. The van der Waals surface area contributed by atoms with E-state index >= 15 is 0 Å². The first-order valence-corrected chi connectivity index (χ1v) is 7.91. The number of hydrogen-bond donors (Lipinski definition) is 1. The molecule has 5 nitrogen and oxygen atoms in total. The van der Waals surface area contributed by atoms with Crippen LogP contribution in [0.1, 0.15) is 20.3 Å². The Kier molecular flexibility index (Phi) is 3.73. The molecule has 1 aromatic carbocycles. The lowest BCUT2D eigenvalue weighted by atomic mass is 9.92. The van der Waals surface area contributed by atoms with E-state index in [4.69, 9.17) is 5.73 Å². The zero-order valence-corrected chi connectivity index (χ0v) is 12.9. The fraction of sp³-hybridized carbons (Fsp3) is 0.400. The van der Waals surface area contributed by atoms with E-state index in [0.29, 0.717) is 18.1 Å². The number of rotatable bonds is 4. The molecule has 0 aliphatic carbocycles. The van der Waals surface area contributed by atoms with E-state index in [1.54, 1.807) is 0 Å². The summed E-state index contributed by atoms with van der Waals surface area (Å²) in [6, 6.07) is 7.86. The molecule has 0 spiro atoms. The van der Waals surface area contributed by atoms with E-state index in [-0.39, 0.29) is 17.7 Å². The van der Waals surface area contributed by atoms with Crippen molar-refractivity contribution in [2.45, 2.75) is 20.3 Å². The molecule has 0 saturated carbocycles. The molecule has 6 heteroatoms. The number of para-hydroxylation sites is 1. The summed E-state index contributed by atoms with van der Waals surface area (Å²) >= 11 is 1.49. The number of hydrogen-bond acceptors (Lipinski definition) is 5. The topological polar surface area (TPSA) is 71.6 Å². The molecular weight excluding hydrogens is 284 g/mol. The fourth-order valence-electron chi connectivity index (χ4n) is 2.55. The predicted molar refractivity (Wildman–Crippen MR) is 86.5 cm³/mol. The number of carbonyl (C=O) groups excluding carboxylic acids is 1. The summed E-state index contributed by atoms with van der Waals surface area (Å²) in [4.78, 5) is 17.1. The van der Waals surface area contributed by atoms with E-state index in [2.05, 4.69) is 23.9 Å². The predicted octanol–water partition coefficient (Wildman–Crippen LogP) is 2.62. The second-order valence-corrected chi connectivity index (χ2v) is 6.43. The Bertz CT molecular complexity index is 674. The molecule has 1 aromatic heterocycles. The van der Waals surface area contributed by atoms with Gasteiger partial charge in [0.1, 0.15) is 0 Å². The van der Waals surface area contributed by atoms with E-state index in [1.807, 2.05) is 24.3 Å². The van der Waals surface area contributed by atoms with E-state index in [9.17, 15) is 4.79 Å². The Hall–Kier alpha value is -1.79. The number of thiazole rings is 1. The maximum Gasteiger partial charge on any atom is 0.258 e. The van der Waals surface area contributed by atoms with Gasteiger partial charge in [-0.15, -0.1) is 0 Å². The lowest BCUT2D eigenvalue weighted by Gasteiger charge is -2.12. The first kappa shape index (κ1) is 14.2. The van der Waals surface area contributed by atoms with Crippen LogP contribution in [0.4, 0.5) is 5.13 Å². The van der Waals surface area contributed by atoms with Crippen LogP contribution in [0.15, 0.2) is 29.4 Å². The third-order valence-corrected chi connectivity index (χ3v) is 4.60. The number of fused-ring (bicyclic) bond motifs is 1. The molecule has 2 heterocycles. The minimum atomic E-state index is -0.206. The first-order valence-electron chi connectivity index (χ1n) is 7.09. The van der Waals surface area contributed by atoms with Crippen LogP contribution in [-0.2, 0) is 4.79 Å². The van der Waals surface area contributed by atoms with Crippen LogP contribution in [0.3, 0.4) is 0 Å². The second kappa shape index (κ2) is 5.54. The number of hydrazone groups is 1. The lowest BCUT2D eigenvalue weighted by molar-refractivity contribution is -0.119. The quantitative estimate of drug-likeness (QED) is 0.943. The maximum absolute atomic E-state index is 12.6. The van der Waals surface area contributed by atoms with Crippen molar-refractivity contribution in [3.8, 4) is 0 Å². The van der Waals surface area contributed by atoms with Crippen molar-refractivity contribution in [1.82, 2.24) is 4.98 Å². The van der Waals surface area contributed by atoms with Crippen LogP contribution < -0.4 is 10.7 Å². The summed E-state index contributed by atoms with van der Waals surface area (Å²) in [5.74, 6) is 0.00935. The summed E-state index contributed by atoms with van der Waals surface area (Å²) in [6.07, 6.45) is 0.636. The first-order chi connectivity index (χ1) is 10.1. The normalized spacial score (nSPS) is 18.9. The monoisotopic (exact) mass is 302 g/mol. The van der Waals surface area contributed by atoms with Crippen LogP contribution >= 0.6 is 11.3 Å². The molecule has 1 atom stereocenters. The van der Waals surface area contributed by atoms with Crippen LogP contribution in [0, 0.1) is 11.8 Å². The molecule has 0 saturated heterocycles. The molecule has 2 aromatic rings. The summed E-state index contributed by atoms with van der Waals surface area (Å²) in [7, 11) is 0. The minimum Gasteiger partial charge on any atom is -0.330 e. The summed E-state index contributed by atoms with van der Waals surface area (Å²) in [5.41, 5.74) is 7.44. The van der Waals surface area contributed by atoms with Gasteiger partial charge in [-0.1, -0.05) is 37.3 Å². The number of nitrogens with zero attached hydrogens (tertiary/aromatic N) is 3. The Morgan fingerprint density at radius 2 is 2.14 bits per heavy atom. The lowest BCUT2D eigenvalue weighted by Crippen LogP contribution is -2.30. The van der Waals surface area contributed by atoms with Gasteiger partial charge in [0.25, 0.3) is 5.91 Å². The van der Waals surface area contributed by atoms with Gasteiger partial charge < -0.3 is 5.73 Å². The van der Waals surface area contributed by atoms with Gasteiger partial charge in [0.05, 0.1) is 21.8 Å². The fourth-order valence-corrected chi connectivity index (χ4v) is 3.47. The standard InChI is InChI=1S/C15H18N4OS/c1-9(2)13-10(7-8-16)14(20)19(18-13)15-17-11-5-3-4-6-12(11)21-15/h3-6,9-10H,7-8,16H2,1-2H3. The second-order valence-electron chi connectivity index (χ2n) is 5.42. The van der Waals surface area contributed by atoms with Crippen molar-refractivity contribution < 1.29 is 4.79 Å². The van der Waals surface area contributed by atoms with Crippen LogP contribution in [0.5, 0.6) is 0 Å². The molecule has 1 aliphatic rings. The zero-order chi connectivity index (χ0) is 15.0. The SMILES string of the molecule is CC(C)C1=NN(c2nc3ccccc3s2)C(=O)C1CCN. The molecule has 0 fully saturated rings. The molecule has 0 bridgehead atoms. The third kappa shape index (κ3) is 2.45. The summed E-state index contributed by atoms with van der Waals surface area (Å²) in [5, 5.41) is 6.62. The van der Waals surface area contributed by atoms with Gasteiger partial charge in [-0.25, -0.2) is 4.98 Å². The van der Waals surface area contributed by atoms with Crippen LogP contribution in [-0.4, -0.2) is 23.1 Å². The molecule has 1 unspecified atom stereocenters. The maximum atomic E-state index is 12.6. The van der Waals surface area contributed by atoms with Crippen molar-refractivity contribution in [2.24, 2.45) is 22.7 Å². The van der Waals surface area contributed by atoms with E-state index < -0.39 is 0 Å². The summed E-state index contributed by atoms with van der Waals surface area (Å²) in [6.45, 7) is 4.59. The highest BCUT2D eigenvalue weighted by atomic mass is 32.1. The largest absolute Gasteiger partial charge is 0.330 e. The Morgan fingerprint density at radius 1 is 1.38 bits per heavy atom. The highest BCUT2D eigenvalue weighted by Gasteiger charge is 2.38. The van der Waals surface area contributed by atoms with E-state index in [0.717, 1.165) is 15.9 Å². The van der Waals surface area contributed by atoms with Crippen molar-refractivity contribution >= 4 is 38.3 Å². The molecule has 21 heavy (non-hydrogen) atoms. The van der Waals surface area contributed by atoms with Crippen molar-refractivity contribution in [2.75, 3.05) is 11.6 Å². The molecule has 3 rings (SSSR count). The van der Waals surface area contributed by atoms with Gasteiger partial charge in [-0.05, 0) is 31.0 Å². The molecular formula is C15H18N4OS. The Balaban J connectivity index is 1.99. The van der Waals surface area contributed by atoms with Crippen LogP contribution in [0.25, 0.3) is 10.2 Å². The zero-order valence-electron chi connectivity index (χ0n) is 12.1. The number of aromatic nitrogens is 1. The van der Waals surface area contributed by atoms with Gasteiger partial charge >= 0.3 is 0 Å². The third-order valence-electron chi connectivity index (χ3n) is 3.59. The number of nitrogens with two attached hydrogens (primary N) is 1. The number of anilines is 1. The molecule has 1 amide bonds. The van der Waals surface area contributed by atoms with Gasteiger partial charge in [-0.2, -0.15) is 10.1 Å².